The third kappa shape index (κ3) is 4.76. The standard InChI is InChI=1S/C12H19BrN2O3S/c1-3-10-9-11(13)5-6-12(10)14-19(17,18)15(2)7-4-8-16/h5-6,9,14,16H,3-4,7-8H2,1-2H3. The SMILES string of the molecule is CCc1cc(Br)ccc1NS(=O)(=O)N(C)CCCO. The van der Waals surface area contributed by atoms with Crippen molar-refractivity contribution in [2.24, 2.45) is 0 Å². The third-order valence-electron chi connectivity index (χ3n) is 2.73. The summed E-state index contributed by atoms with van der Waals surface area (Å²) in [5.74, 6) is 0. The molecule has 1 rings (SSSR count). The van der Waals surface area contributed by atoms with Gasteiger partial charge in [-0.3, -0.25) is 4.72 Å². The number of aryl methyl sites for hydroxylation is 1. The molecule has 0 heterocycles. The Bertz CT molecular complexity index is 520. The average Bonchev–Trinajstić information content (AvgIpc) is 2.37. The van der Waals surface area contributed by atoms with Gasteiger partial charge in [0, 0.05) is 24.7 Å². The smallest absolute Gasteiger partial charge is 0.301 e. The highest BCUT2D eigenvalue weighted by Gasteiger charge is 2.18. The molecule has 0 amide bonds. The second-order valence-corrected chi connectivity index (χ2v) is 6.85. The predicted molar refractivity (Wildman–Crippen MR) is 80.4 cm³/mol. The van der Waals surface area contributed by atoms with E-state index in [0.29, 0.717) is 12.1 Å². The van der Waals surface area contributed by atoms with Crippen molar-refractivity contribution in [3.8, 4) is 0 Å². The normalized spacial score (nSPS) is 11.8. The van der Waals surface area contributed by atoms with E-state index in [2.05, 4.69) is 20.7 Å². The van der Waals surface area contributed by atoms with Gasteiger partial charge in [0.1, 0.15) is 0 Å². The Balaban J connectivity index is 2.89. The Morgan fingerprint density at radius 1 is 1.42 bits per heavy atom. The molecule has 1 aromatic carbocycles. The van der Waals surface area contributed by atoms with Gasteiger partial charge in [0.05, 0.1) is 5.69 Å². The largest absolute Gasteiger partial charge is 0.396 e. The minimum Gasteiger partial charge on any atom is -0.396 e. The number of aliphatic hydroxyl groups is 1. The second-order valence-electron chi connectivity index (χ2n) is 4.16. The van der Waals surface area contributed by atoms with E-state index in [1.165, 1.54) is 11.4 Å². The first kappa shape index (κ1) is 16.4. The number of hydrogen-bond acceptors (Lipinski definition) is 3. The van der Waals surface area contributed by atoms with E-state index >= 15 is 0 Å². The van der Waals surface area contributed by atoms with E-state index < -0.39 is 10.2 Å². The van der Waals surface area contributed by atoms with Gasteiger partial charge in [-0.2, -0.15) is 12.7 Å². The summed E-state index contributed by atoms with van der Waals surface area (Å²) in [7, 11) is -2.09. The molecule has 0 bridgehead atoms. The summed E-state index contributed by atoms with van der Waals surface area (Å²) in [5.41, 5.74) is 1.51. The molecule has 0 aliphatic heterocycles. The van der Waals surface area contributed by atoms with Crippen LogP contribution in [0.1, 0.15) is 18.9 Å². The molecule has 0 spiro atoms. The third-order valence-corrected chi connectivity index (χ3v) is 4.70. The zero-order valence-electron chi connectivity index (χ0n) is 11.1. The maximum absolute atomic E-state index is 12.1. The first-order valence-corrected chi connectivity index (χ1v) is 8.27. The number of rotatable bonds is 7. The molecule has 0 unspecified atom stereocenters. The molecule has 0 radical (unpaired) electrons. The monoisotopic (exact) mass is 350 g/mol. The Labute approximate surface area is 122 Å². The Kier molecular flexibility index (Phi) is 6.25. The first-order chi connectivity index (χ1) is 8.90. The number of anilines is 1. The van der Waals surface area contributed by atoms with Gasteiger partial charge in [-0.25, -0.2) is 0 Å². The van der Waals surface area contributed by atoms with E-state index in [1.807, 2.05) is 13.0 Å². The van der Waals surface area contributed by atoms with Crippen LogP contribution in [0, 0.1) is 0 Å². The van der Waals surface area contributed by atoms with Gasteiger partial charge in [0.15, 0.2) is 0 Å². The van der Waals surface area contributed by atoms with Crippen LogP contribution in [0.3, 0.4) is 0 Å². The minimum absolute atomic E-state index is 0.0294. The zero-order valence-corrected chi connectivity index (χ0v) is 13.5. The van der Waals surface area contributed by atoms with Crippen LogP contribution in [0.5, 0.6) is 0 Å². The van der Waals surface area contributed by atoms with Gasteiger partial charge in [0.25, 0.3) is 0 Å². The molecule has 0 saturated carbocycles. The summed E-state index contributed by atoms with van der Waals surface area (Å²) >= 11 is 3.36. The number of nitrogens with one attached hydrogen (secondary N) is 1. The van der Waals surface area contributed by atoms with Crippen molar-refractivity contribution in [3.05, 3.63) is 28.2 Å². The van der Waals surface area contributed by atoms with Crippen LogP contribution in [0.15, 0.2) is 22.7 Å². The maximum Gasteiger partial charge on any atom is 0.301 e. The van der Waals surface area contributed by atoms with Crippen molar-refractivity contribution in [2.45, 2.75) is 19.8 Å². The van der Waals surface area contributed by atoms with Gasteiger partial charge in [-0.05, 0) is 36.6 Å². The Morgan fingerprint density at radius 3 is 2.68 bits per heavy atom. The van der Waals surface area contributed by atoms with E-state index in [0.717, 1.165) is 16.5 Å². The molecule has 1 aromatic rings. The summed E-state index contributed by atoms with van der Waals surface area (Å²) in [4.78, 5) is 0. The highest BCUT2D eigenvalue weighted by Crippen LogP contribution is 2.23. The topological polar surface area (TPSA) is 69.6 Å². The summed E-state index contributed by atoms with van der Waals surface area (Å²) in [6, 6.07) is 5.43. The molecule has 5 nitrogen and oxygen atoms in total. The number of nitrogens with zero attached hydrogens (tertiary/aromatic N) is 1. The van der Waals surface area contributed by atoms with Crippen LogP contribution in [0.2, 0.25) is 0 Å². The van der Waals surface area contributed by atoms with Crippen LogP contribution in [0.4, 0.5) is 5.69 Å². The second kappa shape index (κ2) is 7.23. The number of hydrogen-bond donors (Lipinski definition) is 2. The Hall–Kier alpha value is -0.630. The van der Waals surface area contributed by atoms with Gasteiger partial charge in [-0.1, -0.05) is 22.9 Å². The first-order valence-electron chi connectivity index (χ1n) is 6.04. The summed E-state index contributed by atoms with van der Waals surface area (Å²) in [5, 5.41) is 8.74. The summed E-state index contributed by atoms with van der Waals surface area (Å²) in [6.07, 6.45) is 1.15. The lowest BCUT2D eigenvalue weighted by atomic mass is 10.1. The molecule has 0 atom stereocenters. The lowest BCUT2D eigenvalue weighted by Crippen LogP contribution is -2.33. The van der Waals surface area contributed by atoms with Crippen molar-refractivity contribution in [1.82, 2.24) is 4.31 Å². The van der Waals surface area contributed by atoms with Gasteiger partial charge >= 0.3 is 10.2 Å². The lowest BCUT2D eigenvalue weighted by molar-refractivity contribution is 0.276. The quantitative estimate of drug-likeness (QED) is 0.789. The van der Waals surface area contributed by atoms with E-state index in [4.69, 9.17) is 5.11 Å². The molecule has 2 N–H and O–H groups in total. The molecule has 0 aliphatic carbocycles. The number of halogens is 1. The van der Waals surface area contributed by atoms with Gasteiger partial charge in [-0.15, -0.1) is 0 Å². The zero-order chi connectivity index (χ0) is 14.5. The van der Waals surface area contributed by atoms with Crippen molar-refractivity contribution in [1.29, 1.82) is 0 Å². The number of aliphatic hydroxyl groups excluding tert-OH is 1. The van der Waals surface area contributed by atoms with Crippen LogP contribution in [-0.4, -0.2) is 38.0 Å². The highest BCUT2D eigenvalue weighted by molar-refractivity contribution is 9.10. The molecule has 19 heavy (non-hydrogen) atoms. The average molecular weight is 351 g/mol. The Morgan fingerprint density at radius 2 is 2.11 bits per heavy atom. The fourth-order valence-corrected chi connectivity index (χ4v) is 3.00. The molecular weight excluding hydrogens is 332 g/mol. The summed E-state index contributed by atoms with van der Waals surface area (Å²) < 4.78 is 28.8. The van der Waals surface area contributed by atoms with E-state index in [-0.39, 0.29) is 13.2 Å². The fourth-order valence-electron chi connectivity index (χ4n) is 1.58. The lowest BCUT2D eigenvalue weighted by Gasteiger charge is -2.19. The molecule has 0 saturated heterocycles. The molecule has 0 aromatic heterocycles. The van der Waals surface area contributed by atoms with Crippen molar-refractivity contribution >= 4 is 31.8 Å². The number of benzene rings is 1. The van der Waals surface area contributed by atoms with Crippen LogP contribution < -0.4 is 4.72 Å². The van der Waals surface area contributed by atoms with Gasteiger partial charge < -0.3 is 5.11 Å². The van der Waals surface area contributed by atoms with Crippen molar-refractivity contribution < 1.29 is 13.5 Å². The molecule has 108 valence electrons. The van der Waals surface area contributed by atoms with E-state index in [1.54, 1.807) is 12.1 Å². The molecular formula is C12H19BrN2O3S. The molecule has 0 fully saturated rings. The van der Waals surface area contributed by atoms with Crippen molar-refractivity contribution in [2.75, 3.05) is 24.9 Å². The maximum atomic E-state index is 12.1. The van der Waals surface area contributed by atoms with E-state index in [9.17, 15) is 8.42 Å². The van der Waals surface area contributed by atoms with Crippen LogP contribution in [0.25, 0.3) is 0 Å². The van der Waals surface area contributed by atoms with Crippen LogP contribution >= 0.6 is 15.9 Å². The minimum atomic E-state index is -3.57. The predicted octanol–water partition coefficient (Wildman–Crippen LogP) is 1.98. The molecule has 7 heteroatoms. The van der Waals surface area contributed by atoms with Gasteiger partial charge in [0.2, 0.25) is 0 Å². The van der Waals surface area contributed by atoms with Crippen molar-refractivity contribution in [3.63, 3.8) is 0 Å². The highest BCUT2D eigenvalue weighted by atomic mass is 79.9. The fraction of sp³-hybridized carbons (Fsp3) is 0.500. The van der Waals surface area contributed by atoms with Crippen LogP contribution in [-0.2, 0) is 16.6 Å². The molecule has 0 aliphatic rings. The summed E-state index contributed by atoms with van der Waals surface area (Å²) in [6.45, 7) is 2.22.